The highest BCUT2D eigenvalue weighted by Crippen LogP contribution is 2.18. The minimum atomic E-state index is -0.335. The van der Waals surface area contributed by atoms with E-state index in [4.69, 9.17) is 4.74 Å². The number of nitrogens with zero attached hydrogens (tertiary/aromatic N) is 6. The van der Waals surface area contributed by atoms with Crippen LogP contribution in [-0.4, -0.2) is 60.2 Å². The van der Waals surface area contributed by atoms with Gasteiger partial charge in [0, 0.05) is 50.5 Å². The maximum Gasteiger partial charge on any atom is 0.274 e. The van der Waals surface area contributed by atoms with Crippen LogP contribution in [0.4, 0.5) is 0 Å². The normalized spacial score (nSPS) is 14.9. The van der Waals surface area contributed by atoms with E-state index < -0.39 is 0 Å². The number of hydrogen-bond donors (Lipinski definition) is 1. The number of rotatable bonds is 4. The molecule has 1 N–H and O–H groups in total. The topological polar surface area (TPSA) is 119 Å². The largest absolute Gasteiger partial charge is 0.473 e. The zero-order valence-electron chi connectivity index (χ0n) is 14.4. The first-order chi connectivity index (χ1) is 13.2. The van der Waals surface area contributed by atoms with Crippen LogP contribution in [0.2, 0.25) is 0 Å². The lowest BCUT2D eigenvalue weighted by Crippen LogP contribution is -2.42. The summed E-state index contributed by atoms with van der Waals surface area (Å²) in [4.78, 5) is 25.1. The van der Waals surface area contributed by atoms with Crippen LogP contribution < -0.4 is 10.3 Å². The van der Waals surface area contributed by atoms with Gasteiger partial charge in [-0.25, -0.2) is 9.78 Å². The van der Waals surface area contributed by atoms with E-state index in [-0.39, 0.29) is 23.3 Å². The average Bonchev–Trinajstić information content (AvgIpc) is 3.24. The molecule has 0 saturated carbocycles. The number of likely N-dealkylation sites (tertiary alicyclic amines) is 1. The average molecular weight is 367 g/mol. The maximum absolute atomic E-state index is 12.4. The van der Waals surface area contributed by atoms with Crippen LogP contribution in [0.1, 0.15) is 23.3 Å². The first-order valence-corrected chi connectivity index (χ1v) is 8.54. The third-order valence-corrected chi connectivity index (χ3v) is 4.28. The zero-order valence-corrected chi connectivity index (χ0v) is 14.4. The molecule has 10 nitrogen and oxygen atoms in total. The molecule has 4 rings (SSSR count). The zero-order chi connectivity index (χ0) is 18.6. The van der Waals surface area contributed by atoms with E-state index in [1.54, 1.807) is 34.1 Å². The second kappa shape index (κ2) is 7.36. The fourth-order valence-corrected chi connectivity index (χ4v) is 2.88. The van der Waals surface area contributed by atoms with Crippen molar-refractivity contribution in [2.45, 2.75) is 18.9 Å². The van der Waals surface area contributed by atoms with Gasteiger partial charge in [-0.1, -0.05) is 0 Å². The van der Waals surface area contributed by atoms with Gasteiger partial charge in [-0.3, -0.25) is 9.59 Å². The lowest BCUT2D eigenvalue weighted by Gasteiger charge is -2.31. The molecule has 3 aromatic rings. The van der Waals surface area contributed by atoms with Crippen molar-refractivity contribution in [1.29, 1.82) is 0 Å². The number of ether oxygens (including phenoxy) is 1. The molecule has 3 aromatic heterocycles. The van der Waals surface area contributed by atoms with Gasteiger partial charge in [0.05, 0.1) is 0 Å². The van der Waals surface area contributed by atoms with Crippen LogP contribution in [0.3, 0.4) is 0 Å². The van der Waals surface area contributed by atoms with Gasteiger partial charge >= 0.3 is 0 Å². The fraction of sp³-hybridized carbons (Fsp3) is 0.294. The summed E-state index contributed by atoms with van der Waals surface area (Å²) in [5, 5.41) is 18.3. The Morgan fingerprint density at radius 3 is 2.63 bits per heavy atom. The Morgan fingerprint density at radius 1 is 1.15 bits per heavy atom. The Kier molecular flexibility index (Phi) is 4.60. The van der Waals surface area contributed by atoms with Crippen molar-refractivity contribution in [2.24, 2.45) is 0 Å². The molecule has 1 amide bonds. The van der Waals surface area contributed by atoms with Crippen molar-refractivity contribution in [2.75, 3.05) is 13.1 Å². The SMILES string of the molecule is O=C(c1ccc(=O)[nH]n1)N1CCC(Oc2ccc(-n3cccn3)nn2)CC1. The minimum Gasteiger partial charge on any atom is -0.473 e. The second-order valence-electron chi connectivity index (χ2n) is 6.10. The lowest BCUT2D eigenvalue weighted by atomic mass is 10.1. The quantitative estimate of drug-likeness (QED) is 0.710. The second-order valence-corrected chi connectivity index (χ2v) is 6.10. The van der Waals surface area contributed by atoms with Crippen molar-refractivity contribution < 1.29 is 9.53 Å². The highest BCUT2D eigenvalue weighted by molar-refractivity contribution is 5.92. The van der Waals surface area contributed by atoms with E-state index in [1.165, 1.54) is 12.1 Å². The summed E-state index contributed by atoms with van der Waals surface area (Å²) in [5.41, 5.74) is -0.104. The van der Waals surface area contributed by atoms with Gasteiger partial charge in [0.2, 0.25) is 5.88 Å². The van der Waals surface area contributed by atoms with Gasteiger partial charge in [-0.05, 0) is 18.2 Å². The summed E-state index contributed by atoms with van der Waals surface area (Å²) in [6.07, 6.45) is 4.77. The molecule has 0 spiro atoms. The molecule has 4 heterocycles. The molecule has 1 aliphatic rings. The van der Waals surface area contributed by atoms with Gasteiger partial charge in [0.1, 0.15) is 11.8 Å². The molecular formula is C17H17N7O3. The first-order valence-electron chi connectivity index (χ1n) is 8.54. The number of aromatic nitrogens is 6. The maximum atomic E-state index is 12.4. The van der Waals surface area contributed by atoms with E-state index in [9.17, 15) is 9.59 Å². The van der Waals surface area contributed by atoms with Crippen molar-refractivity contribution in [3.8, 4) is 11.7 Å². The highest BCUT2D eigenvalue weighted by Gasteiger charge is 2.25. The molecule has 0 bridgehead atoms. The smallest absolute Gasteiger partial charge is 0.274 e. The van der Waals surface area contributed by atoms with Gasteiger partial charge in [-0.15, -0.1) is 10.2 Å². The van der Waals surface area contributed by atoms with Crippen LogP contribution in [0.5, 0.6) is 5.88 Å². The summed E-state index contributed by atoms with van der Waals surface area (Å²) >= 11 is 0. The van der Waals surface area contributed by atoms with Crippen LogP contribution in [-0.2, 0) is 0 Å². The molecule has 1 saturated heterocycles. The van der Waals surface area contributed by atoms with Crippen LogP contribution >= 0.6 is 0 Å². The fourth-order valence-electron chi connectivity index (χ4n) is 2.88. The number of piperidine rings is 1. The molecule has 10 heteroatoms. The van der Waals surface area contributed by atoms with E-state index in [0.29, 0.717) is 37.6 Å². The molecule has 0 aliphatic carbocycles. The number of aromatic amines is 1. The molecule has 138 valence electrons. The standard InChI is InChI=1S/C17H17N7O3/c25-15-4-2-13(19-21-15)17(26)23-10-6-12(7-11-23)27-16-5-3-14(20-22-16)24-9-1-8-18-24/h1-5,8-9,12H,6-7,10-11H2,(H,21,25). The molecule has 0 atom stereocenters. The Labute approximate surface area is 153 Å². The van der Waals surface area contributed by atoms with Crippen LogP contribution in [0, 0.1) is 0 Å². The van der Waals surface area contributed by atoms with Crippen molar-refractivity contribution in [3.63, 3.8) is 0 Å². The minimum absolute atomic E-state index is 0.0394. The third kappa shape index (κ3) is 3.84. The van der Waals surface area contributed by atoms with E-state index in [2.05, 4.69) is 25.5 Å². The Bertz CT molecular complexity index is 940. The summed E-state index contributed by atoms with van der Waals surface area (Å²) < 4.78 is 7.49. The predicted molar refractivity (Wildman–Crippen MR) is 93.6 cm³/mol. The van der Waals surface area contributed by atoms with Gasteiger partial charge in [-0.2, -0.15) is 10.2 Å². The Morgan fingerprint density at radius 2 is 2.00 bits per heavy atom. The highest BCUT2D eigenvalue weighted by atomic mass is 16.5. The number of nitrogens with one attached hydrogen (secondary N) is 1. The lowest BCUT2D eigenvalue weighted by molar-refractivity contribution is 0.0579. The van der Waals surface area contributed by atoms with Crippen molar-refractivity contribution >= 4 is 5.91 Å². The van der Waals surface area contributed by atoms with Gasteiger partial charge in [0.15, 0.2) is 5.82 Å². The molecule has 0 aromatic carbocycles. The van der Waals surface area contributed by atoms with Gasteiger partial charge in [0.25, 0.3) is 11.5 Å². The van der Waals surface area contributed by atoms with Crippen molar-refractivity contribution in [3.05, 3.63) is 58.8 Å². The van der Waals surface area contributed by atoms with E-state index in [0.717, 1.165) is 0 Å². The Hall–Kier alpha value is -3.56. The number of carbonyl (C=O) groups excluding carboxylic acids is 1. The summed E-state index contributed by atoms with van der Waals surface area (Å²) in [5.74, 6) is 0.854. The predicted octanol–water partition coefficient (Wildman–Crippen LogP) is 0.429. The number of H-pyrrole nitrogens is 1. The summed E-state index contributed by atoms with van der Waals surface area (Å²) in [6.45, 7) is 1.09. The van der Waals surface area contributed by atoms with E-state index in [1.807, 2.05) is 6.07 Å². The molecule has 0 radical (unpaired) electrons. The van der Waals surface area contributed by atoms with Crippen LogP contribution in [0.15, 0.2) is 47.5 Å². The molecule has 27 heavy (non-hydrogen) atoms. The molecular weight excluding hydrogens is 350 g/mol. The number of hydrogen-bond acceptors (Lipinski definition) is 7. The van der Waals surface area contributed by atoms with Crippen molar-refractivity contribution in [1.82, 2.24) is 35.1 Å². The Balaban J connectivity index is 1.32. The van der Waals surface area contributed by atoms with E-state index >= 15 is 0 Å². The monoisotopic (exact) mass is 367 g/mol. The number of carbonyl (C=O) groups is 1. The molecule has 0 unspecified atom stereocenters. The molecule has 1 fully saturated rings. The summed E-state index contributed by atoms with van der Waals surface area (Å²) in [6, 6.07) is 8.08. The van der Waals surface area contributed by atoms with Crippen LogP contribution in [0.25, 0.3) is 5.82 Å². The first kappa shape index (κ1) is 16.9. The van der Waals surface area contributed by atoms with Gasteiger partial charge < -0.3 is 9.64 Å². The summed E-state index contributed by atoms with van der Waals surface area (Å²) in [7, 11) is 0. The number of amides is 1. The third-order valence-electron chi connectivity index (χ3n) is 4.28. The molecule has 1 aliphatic heterocycles.